The summed E-state index contributed by atoms with van der Waals surface area (Å²) in [7, 11) is 0. The zero-order chi connectivity index (χ0) is 10.8. The smallest absolute Gasteiger partial charge is 0.0499 e. The van der Waals surface area contributed by atoms with E-state index in [9.17, 15) is 0 Å². The van der Waals surface area contributed by atoms with E-state index in [1.165, 1.54) is 0 Å². The molecule has 15 heavy (non-hydrogen) atoms. The van der Waals surface area contributed by atoms with Crippen molar-refractivity contribution in [2.45, 2.75) is 6.92 Å². The molecule has 0 atom stereocenters. The Balaban J connectivity index is 2.60. The molecule has 0 amide bonds. The molecule has 1 aromatic heterocycles. The van der Waals surface area contributed by atoms with E-state index in [1.807, 2.05) is 31.2 Å². The second-order valence-corrected chi connectivity index (χ2v) is 4.10. The average molecular weight is 238 g/mol. The van der Waals surface area contributed by atoms with Crippen LogP contribution in [0.25, 0.3) is 11.1 Å². The van der Waals surface area contributed by atoms with Gasteiger partial charge in [-0.05, 0) is 25.1 Å². The highest BCUT2D eigenvalue weighted by molar-refractivity contribution is 6.36. The molecule has 0 unspecified atom stereocenters. The maximum absolute atomic E-state index is 6.12. The van der Waals surface area contributed by atoms with E-state index < -0.39 is 0 Å². The molecule has 0 radical (unpaired) electrons. The first kappa shape index (κ1) is 10.5. The van der Waals surface area contributed by atoms with E-state index in [0.717, 1.165) is 16.8 Å². The van der Waals surface area contributed by atoms with Gasteiger partial charge < -0.3 is 0 Å². The number of halogens is 2. The Morgan fingerprint density at radius 1 is 1.07 bits per heavy atom. The Kier molecular flexibility index (Phi) is 2.94. The topological polar surface area (TPSA) is 12.9 Å². The van der Waals surface area contributed by atoms with Crippen LogP contribution >= 0.6 is 23.2 Å². The van der Waals surface area contributed by atoms with Crippen molar-refractivity contribution in [1.82, 2.24) is 4.98 Å². The highest BCUT2D eigenvalue weighted by Crippen LogP contribution is 2.31. The van der Waals surface area contributed by atoms with Crippen molar-refractivity contribution in [1.29, 1.82) is 0 Å². The van der Waals surface area contributed by atoms with E-state index in [2.05, 4.69) is 4.98 Å². The van der Waals surface area contributed by atoms with Crippen molar-refractivity contribution < 1.29 is 0 Å². The maximum Gasteiger partial charge on any atom is 0.0499 e. The molecule has 0 bridgehead atoms. The third-order valence-electron chi connectivity index (χ3n) is 2.23. The fourth-order valence-electron chi connectivity index (χ4n) is 1.48. The number of aromatic nitrogens is 1. The lowest BCUT2D eigenvalue weighted by Gasteiger charge is -2.07. The Morgan fingerprint density at radius 2 is 1.87 bits per heavy atom. The molecule has 0 fully saturated rings. The summed E-state index contributed by atoms with van der Waals surface area (Å²) in [6.45, 7) is 1.96. The van der Waals surface area contributed by atoms with Crippen LogP contribution in [0.3, 0.4) is 0 Å². The first-order valence-corrected chi connectivity index (χ1v) is 5.31. The first-order valence-electron chi connectivity index (χ1n) is 4.55. The summed E-state index contributed by atoms with van der Waals surface area (Å²) in [4.78, 5) is 4.23. The van der Waals surface area contributed by atoms with Crippen LogP contribution in [0, 0.1) is 6.92 Å². The van der Waals surface area contributed by atoms with Crippen LogP contribution in [0.1, 0.15) is 5.69 Å². The van der Waals surface area contributed by atoms with Gasteiger partial charge in [-0.1, -0.05) is 35.3 Å². The van der Waals surface area contributed by atoms with Gasteiger partial charge in [0.25, 0.3) is 0 Å². The molecule has 1 heterocycles. The molecular weight excluding hydrogens is 229 g/mol. The van der Waals surface area contributed by atoms with E-state index >= 15 is 0 Å². The Labute approximate surface area is 98.7 Å². The lowest BCUT2D eigenvalue weighted by molar-refractivity contribution is 1.20. The molecule has 1 aromatic carbocycles. The summed E-state index contributed by atoms with van der Waals surface area (Å²) in [6, 6.07) is 9.37. The number of pyridine rings is 1. The lowest BCUT2D eigenvalue weighted by atomic mass is 10.0. The van der Waals surface area contributed by atoms with Crippen molar-refractivity contribution in [3.63, 3.8) is 0 Å². The number of hydrogen-bond acceptors (Lipinski definition) is 1. The van der Waals surface area contributed by atoms with Gasteiger partial charge in [0.05, 0.1) is 0 Å². The summed E-state index contributed by atoms with van der Waals surface area (Å²) in [5.74, 6) is 0. The molecular formula is C12H9Cl2N. The largest absolute Gasteiger partial charge is 0.261 e. The molecule has 0 aliphatic rings. The maximum atomic E-state index is 6.12. The van der Waals surface area contributed by atoms with Crippen LogP contribution in [-0.2, 0) is 0 Å². The Bertz CT molecular complexity index is 495. The molecule has 0 saturated carbocycles. The predicted octanol–water partition coefficient (Wildman–Crippen LogP) is 4.36. The fraction of sp³-hybridized carbons (Fsp3) is 0.0833. The van der Waals surface area contributed by atoms with Crippen LogP contribution in [0.5, 0.6) is 0 Å². The van der Waals surface area contributed by atoms with Gasteiger partial charge in [0.1, 0.15) is 0 Å². The zero-order valence-corrected chi connectivity index (χ0v) is 9.68. The van der Waals surface area contributed by atoms with Crippen molar-refractivity contribution in [3.8, 4) is 11.1 Å². The van der Waals surface area contributed by atoms with Gasteiger partial charge in [-0.25, -0.2) is 0 Å². The van der Waals surface area contributed by atoms with E-state index in [0.29, 0.717) is 10.0 Å². The van der Waals surface area contributed by atoms with E-state index in [-0.39, 0.29) is 0 Å². The zero-order valence-electron chi connectivity index (χ0n) is 8.17. The summed E-state index contributed by atoms with van der Waals surface area (Å²) in [5, 5.41) is 1.30. The number of nitrogens with zero attached hydrogens (tertiary/aromatic N) is 1. The van der Waals surface area contributed by atoms with Crippen LogP contribution in [0.15, 0.2) is 36.5 Å². The molecule has 0 spiro atoms. The fourth-order valence-corrected chi connectivity index (χ4v) is 1.99. The van der Waals surface area contributed by atoms with Crippen molar-refractivity contribution >= 4 is 23.2 Å². The normalized spacial score (nSPS) is 10.3. The number of benzene rings is 1. The quantitative estimate of drug-likeness (QED) is 0.719. The molecule has 3 heteroatoms. The molecule has 0 aliphatic heterocycles. The van der Waals surface area contributed by atoms with Crippen molar-refractivity contribution in [3.05, 3.63) is 52.3 Å². The molecule has 2 rings (SSSR count). The lowest BCUT2D eigenvalue weighted by Crippen LogP contribution is -1.87. The van der Waals surface area contributed by atoms with Crippen LogP contribution < -0.4 is 0 Å². The molecule has 0 N–H and O–H groups in total. The minimum Gasteiger partial charge on any atom is -0.261 e. The third kappa shape index (κ3) is 2.14. The van der Waals surface area contributed by atoms with Gasteiger partial charge in [0.2, 0.25) is 0 Å². The van der Waals surface area contributed by atoms with Gasteiger partial charge in [0.15, 0.2) is 0 Å². The standard InChI is InChI=1S/C12H9Cl2N/c1-8-10(3-2-6-15-8)11-5-4-9(13)7-12(11)14/h2-7H,1H3. The second kappa shape index (κ2) is 4.21. The van der Waals surface area contributed by atoms with Crippen LogP contribution in [-0.4, -0.2) is 4.98 Å². The summed E-state index contributed by atoms with van der Waals surface area (Å²) < 4.78 is 0. The summed E-state index contributed by atoms with van der Waals surface area (Å²) >= 11 is 12.0. The van der Waals surface area contributed by atoms with Crippen LogP contribution in [0.2, 0.25) is 10.0 Å². The van der Waals surface area contributed by atoms with E-state index in [4.69, 9.17) is 23.2 Å². The van der Waals surface area contributed by atoms with Gasteiger partial charge in [0, 0.05) is 33.1 Å². The van der Waals surface area contributed by atoms with Gasteiger partial charge in [-0.15, -0.1) is 0 Å². The van der Waals surface area contributed by atoms with Gasteiger partial charge in [-0.2, -0.15) is 0 Å². The predicted molar refractivity (Wildman–Crippen MR) is 64.4 cm³/mol. The molecule has 0 saturated heterocycles. The SMILES string of the molecule is Cc1ncccc1-c1ccc(Cl)cc1Cl. The van der Waals surface area contributed by atoms with Crippen molar-refractivity contribution in [2.75, 3.05) is 0 Å². The van der Waals surface area contributed by atoms with Crippen LogP contribution in [0.4, 0.5) is 0 Å². The molecule has 2 aromatic rings. The van der Waals surface area contributed by atoms with E-state index in [1.54, 1.807) is 12.3 Å². The third-order valence-corrected chi connectivity index (χ3v) is 2.78. The minimum atomic E-state index is 0.644. The monoisotopic (exact) mass is 237 g/mol. The number of hydrogen-bond donors (Lipinski definition) is 0. The van der Waals surface area contributed by atoms with Gasteiger partial charge in [-0.3, -0.25) is 4.98 Å². The highest BCUT2D eigenvalue weighted by Gasteiger charge is 2.06. The highest BCUT2D eigenvalue weighted by atomic mass is 35.5. The molecule has 76 valence electrons. The van der Waals surface area contributed by atoms with Gasteiger partial charge >= 0.3 is 0 Å². The molecule has 1 nitrogen and oxygen atoms in total. The average Bonchev–Trinajstić information content (AvgIpc) is 2.20. The summed E-state index contributed by atoms with van der Waals surface area (Å²) in [6.07, 6.45) is 1.77. The number of aryl methyl sites for hydroxylation is 1. The minimum absolute atomic E-state index is 0.644. The Morgan fingerprint density at radius 3 is 2.53 bits per heavy atom. The Hall–Kier alpha value is -1.05. The summed E-state index contributed by atoms with van der Waals surface area (Å²) in [5.41, 5.74) is 2.97. The second-order valence-electron chi connectivity index (χ2n) is 3.26. The number of rotatable bonds is 1. The first-order chi connectivity index (χ1) is 7.18. The molecule has 0 aliphatic carbocycles. The van der Waals surface area contributed by atoms with Crippen molar-refractivity contribution in [2.24, 2.45) is 0 Å².